The highest BCUT2D eigenvalue weighted by atomic mass is 16.5. The molecule has 0 saturated carbocycles. The predicted molar refractivity (Wildman–Crippen MR) is 89.3 cm³/mol. The van der Waals surface area contributed by atoms with E-state index in [1.807, 2.05) is 36.4 Å². The molecular formula is C20H17O2. The molecule has 3 rings (SSSR count). The Morgan fingerprint density at radius 1 is 0.636 bits per heavy atom. The molecule has 0 N–H and O–H groups in total. The zero-order valence-electron chi connectivity index (χ0n) is 12.7. The van der Waals surface area contributed by atoms with Gasteiger partial charge >= 0.3 is 0 Å². The number of rotatable bonds is 4. The lowest BCUT2D eigenvalue weighted by atomic mass is 9.97. The Kier molecular flexibility index (Phi) is 4.10. The molecular weight excluding hydrogens is 272 g/mol. The van der Waals surface area contributed by atoms with Gasteiger partial charge in [-0.05, 0) is 17.2 Å². The molecule has 0 spiro atoms. The van der Waals surface area contributed by atoms with Gasteiger partial charge < -0.3 is 9.47 Å². The lowest BCUT2D eigenvalue weighted by Crippen LogP contribution is -1.94. The molecule has 3 aromatic rings. The normalized spacial score (nSPS) is 10.3. The summed E-state index contributed by atoms with van der Waals surface area (Å²) < 4.78 is 11.0. The van der Waals surface area contributed by atoms with Gasteiger partial charge in [-0.25, -0.2) is 0 Å². The van der Waals surface area contributed by atoms with E-state index in [9.17, 15) is 0 Å². The van der Waals surface area contributed by atoms with Crippen LogP contribution < -0.4 is 9.47 Å². The van der Waals surface area contributed by atoms with Crippen LogP contribution in [0.2, 0.25) is 0 Å². The minimum atomic E-state index is 0.683. The first-order valence-electron chi connectivity index (χ1n) is 7.12. The molecule has 0 atom stereocenters. The minimum absolute atomic E-state index is 0.683. The maximum Gasteiger partial charge on any atom is 0.138 e. The lowest BCUT2D eigenvalue weighted by molar-refractivity contribution is 0.395. The van der Waals surface area contributed by atoms with Crippen molar-refractivity contribution in [2.24, 2.45) is 0 Å². The predicted octanol–water partition coefficient (Wildman–Crippen LogP) is 4.84. The maximum absolute atomic E-state index is 5.50. The highest BCUT2D eigenvalue weighted by Crippen LogP contribution is 2.40. The van der Waals surface area contributed by atoms with Gasteiger partial charge in [0, 0.05) is 11.1 Å². The van der Waals surface area contributed by atoms with Gasteiger partial charge in [0.25, 0.3) is 0 Å². The lowest BCUT2D eigenvalue weighted by Gasteiger charge is -2.15. The SMILES string of the molecule is COc1[c]c(OC)c(-c2ccccc2)cc1-c1ccccc1. The third-order valence-electron chi connectivity index (χ3n) is 3.58. The van der Waals surface area contributed by atoms with Crippen molar-refractivity contribution < 1.29 is 9.47 Å². The molecule has 22 heavy (non-hydrogen) atoms. The summed E-state index contributed by atoms with van der Waals surface area (Å²) in [6.07, 6.45) is 0. The van der Waals surface area contributed by atoms with E-state index in [0.717, 1.165) is 22.3 Å². The van der Waals surface area contributed by atoms with E-state index in [2.05, 4.69) is 36.4 Å². The Morgan fingerprint density at radius 2 is 1.05 bits per heavy atom. The van der Waals surface area contributed by atoms with Crippen LogP contribution >= 0.6 is 0 Å². The van der Waals surface area contributed by atoms with Gasteiger partial charge in [-0.15, -0.1) is 0 Å². The standard InChI is InChI=1S/C20H17O2/c1-21-19-14-20(22-2)18(16-11-7-4-8-12-16)13-17(19)15-9-5-3-6-10-15/h3-13H,1-2H3. The van der Waals surface area contributed by atoms with Crippen molar-refractivity contribution in [3.63, 3.8) is 0 Å². The van der Waals surface area contributed by atoms with E-state index < -0.39 is 0 Å². The molecule has 3 aromatic carbocycles. The Hall–Kier alpha value is -2.74. The van der Waals surface area contributed by atoms with E-state index in [-0.39, 0.29) is 0 Å². The number of ether oxygens (including phenoxy) is 2. The molecule has 0 unspecified atom stereocenters. The van der Waals surface area contributed by atoms with Crippen LogP contribution in [0.1, 0.15) is 0 Å². The molecule has 109 valence electrons. The van der Waals surface area contributed by atoms with Crippen LogP contribution in [-0.2, 0) is 0 Å². The van der Waals surface area contributed by atoms with Crippen molar-refractivity contribution >= 4 is 0 Å². The number of benzene rings is 3. The van der Waals surface area contributed by atoms with Gasteiger partial charge in [0.15, 0.2) is 0 Å². The van der Waals surface area contributed by atoms with Crippen molar-refractivity contribution in [2.75, 3.05) is 14.2 Å². The van der Waals surface area contributed by atoms with Crippen LogP contribution in [0.3, 0.4) is 0 Å². The third kappa shape index (κ3) is 2.68. The Bertz CT molecular complexity index is 687. The molecule has 1 radical (unpaired) electrons. The topological polar surface area (TPSA) is 18.5 Å². The summed E-state index contributed by atoms with van der Waals surface area (Å²) in [5.74, 6) is 1.37. The first-order chi connectivity index (χ1) is 10.8. The van der Waals surface area contributed by atoms with Crippen molar-refractivity contribution in [2.45, 2.75) is 0 Å². The van der Waals surface area contributed by atoms with Crippen LogP contribution in [-0.4, -0.2) is 14.2 Å². The molecule has 0 fully saturated rings. The molecule has 2 nitrogen and oxygen atoms in total. The molecule has 0 aromatic heterocycles. The number of methoxy groups -OCH3 is 2. The molecule has 0 bridgehead atoms. The molecule has 2 heteroatoms. The maximum atomic E-state index is 5.50. The Morgan fingerprint density at radius 3 is 1.41 bits per heavy atom. The fourth-order valence-corrected chi connectivity index (χ4v) is 2.50. The molecule has 0 aliphatic carbocycles. The summed E-state index contributed by atoms with van der Waals surface area (Å²) in [6, 6.07) is 25.6. The first kappa shape index (κ1) is 14.2. The molecule has 0 heterocycles. The van der Waals surface area contributed by atoms with Gasteiger partial charge in [-0.3, -0.25) is 0 Å². The summed E-state index contributed by atoms with van der Waals surface area (Å²) in [5, 5.41) is 0. The van der Waals surface area contributed by atoms with Crippen LogP contribution in [0.4, 0.5) is 0 Å². The van der Waals surface area contributed by atoms with Gasteiger partial charge in [0.05, 0.1) is 20.3 Å². The van der Waals surface area contributed by atoms with Crippen molar-refractivity contribution in [1.29, 1.82) is 0 Å². The highest BCUT2D eigenvalue weighted by molar-refractivity contribution is 5.81. The van der Waals surface area contributed by atoms with Crippen LogP contribution in [0.15, 0.2) is 66.7 Å². The fraction of sp³-hybridized carbons (Fsp3) is 0.100. The van der Waals surface area contributed by atoms with Crippen LogP contribution in [0.25, 0.3) is 22.3 Å². The van der Waals surface area contributed by atoms with Gasteiger partial charge in [-0.1, -0.05) is 60.7 Å². The van der Waals surface area contributed by atoms with Crippen molar-refractivity contribution in [3.05, 3.63) is 72.8 Å². The van der Waals surface area contributed by atoms with Crippen molar-refractivity contribution in [1.82, 2.24) is 0 Å². The molecule has 0 aliphatic heterocycles. The quantitative estimate of drug-likeness (QED) is 0.684. The van der Waals surface area contributed by atoms with Gasteiger partial charge in [0.2, 0.25) is 0 Å². The average Bonchev–Trinajstić information content (AvgIpc) is 2.62. The molecule has 0 saturated heterocycles. The monoisotopic (exact) mass is 289 g/mol. The highest BCUT2D eigenvalue weighted by Gasteiger charge is 2.14. The second-order valence-electron chi connectivity index (χ2n) is 4.90. The van der Waals surface area contributed by atoms with E-state index in [1.54, 1.807) is 14.2 Å². The minimum Gasteiger partial charge on any atom is -0.495 e. The first-order valence-corrected chi connectivity index (χ1v) is 7.12. The van der Waals surface area contributed by atoms with Crippen molar-refractivity contribution in [3.8, 4) is 33.8 Å². The van der Waals surface area contributed by atoms with E-state index >= 15 is 0 Å². The largest absolute Gasteiger partial charge is 0.495 e. The summed E-state index contributed by atoms with van der Waals surface area (Å²) in [6.45, 7) is 0. The van der Waals surface area contributed by atoms with Crippen LogP contribution in [0, 0.1) is 6.07 Å². The Labute approximate surface area is 131 Å². The summed E-state index contributed by atoms with van der Waals surface area (Å²) >= 11 is 0. The second-order valence-corrected chi connectivity index (χ2v) is 4.90. The zero-order valence-corrected chi connectivity index (χ0v) is 12.7. The fourth-order valence-electron chi connectivity index (χ4n) is 2.50. The summed E-state index contributed by atoms with van der Waals surface area (Å²) in [4.78, 5) is 0. The zero-order chi connectivity index (χ0) is 15.4. The van der Waals surface area contributed by atoms with Gasteiger partial charge in [-0.2, -0.15) is 0 Å². The van der Waals surface area contributed by atoms with Gasteiger partial charge in [0.1, 0.15) is 11.5 Å². The van der Waals surface area contributed by atoms with Crippen LogP contribution in [0.5, 0.6) is 11.5 Å². The summed E-state index contributed by atoms with van der Waals surface area (Å²) in [7, 11) is 3.31. The van der Waals surface area contributed by atoms with E-state index in [1.165, 1.54) is 0 Å². The molecule has 0 amide bonds. The average molecular weight is 289 g/mol. The Balaban J connectivity index is 2.22. The second kappa shape index (κ2) is 6.35. The number of hydrogen-bond donors (Lipinski definition) is 0. The third-order valence-corrected chi connectivity index (χ3v) is 3.58. The summed E-state index contributed by atoms with van der Waals surface area (Å²) in [5.41, 5.74) is 4.19. The number of hydrogen-bond acceptors (Lipinski definition) is 2. The molecule has 0 aliphatic rings. The smallest absolute Gasteiger partial charge is 0.138 e. The van der Waals surface area contributed by atoms with E-state index in [4.69, 9.17) is 9.47 Å². The van der Waals surface area contributed by atoms with E-state index in [0.29, 0.717) is 11.5 Å².